The zero-order valence-corrected chi connectivity index (χ0v) is 24.1. The molecule has 220 valence electrons. The summed E-state index contributed by atoms with van der Waals surface area (Å²) in [6, 6.07) is 18.5. The zero-order chi connectivity index (χ0) is 29.0. The molecule has 2 heterocycles. The van der Waals surface area contributed by atoms with Gasteiger partial charge in [0.15, 0.2) is 0 Å². The lowest BCUT2D eigenvalue weighted by Crippen LogP contribution is -2.39. The molecule has 1 aliphatic carbocycles. The maximum absolute atomic E-state index is 13.0. The van der Waals surface area contributed by atoms with Crippen molar-refractivity contribution in [2.45, 2.75) is 83.0 Å². The first kappa shape index (κ1) is 29.4. The molecule has 1 saturated carbocycles. The Morgan fingerprint density at radius 2 is 1.68 bits per heavy atom. The lowest BCUT2D eigenvalue weighted by atomic mass is 9.77. The molecule has 0 bridgehead atoms. The van der Waals surface area contributed by atoms with Gasteiger partial charge in [-0.25, -0.2) is 4.98 Å². The molecule has 3 atom stereocenters. The summed E-state index contributed by atoms with van der Waals surface area (Å²) in [6.45, 7) is 5.44. The van der Waals surface area contributed by atoms with Crippen LogP contribution in [0.3, 0.4) is 0 Å². The van der Waals surface area contributed by atoms with E-state index >= 15 is 0 Å². The maximum atomic E-state index is 13.0. The van der Waals surface area contributed by atoms with E-state index in [1.165, 1.54) is 31.4 Å². The summed E-state index contributed by atoms with van der Waals surface area (Å²) in [5.41, 5.74) is 2.85. The quantitative estimate of drug-likeness (QED) is 0.288. The fourth-order valence-electron chi connectivity index (χ4n) is 6.70. The molecule has 1 aromatic heterocycles. The number of aromatic nitrogens is 1. The SMILES string of the molecule is CC(C)(O)Cc1cccc(-c2ccnc(N[C@@H]3CCCC[C@H]3C[C@H]3CCCN(c4ccc(C(F)(F)F)cc4)C3)c2)c1. The van der Waals surface area contributed by atoms with Crippen LogP contribution in [-0.4, -0.2) is 34.8 Å². The van der Waals surface area contributed by atoms with Gasteiger partial charge in [-0.2, -0.15) is 13.2 Å². The zero-order valence-electron chi connectivity index (χ0n) is 24.1. The number of nitrogens with zero attached hydrogens (tertiary/aromatic N) is 2. The van der Waals surface area contributed by atoms with E-state index in [4.69, 9.17) is 0 Å². The highest BCUT2D eigenvalue weighted by Gasteiger charge is 2.32. The van der Waals surface area contributed by atoms with Crippen molar-refractivity contribution >= 4 is 11.5 Å². The van der Waals surface area contributed by atoms with E-state index in [0.717, 1.165) is 67.0 Å². The molecule has 2 aliphatic rings. The van der Waals surface area contributed by atoms with Gasteiger partial charge in [-0.05, 0) is 111 Å². The van der Waals surface area contributed by atoms with E-state index in [2.05, 4.69) is 39.5 Å². The molecular weight excluding hydrogens is 523 g/mol. The van der Waals surface area contributed by atoms with Crippen LogP contribution in [0.25, 0.3) is 11.1 Å². The van der Waals surface area contributed by atoms with Crippen LogP contribution in [0.4, 0.5) is 24.7 Å². The standard InChI is InChI=1S/C34H42F3N3O/c1-33(2,41)22-24-7-5-10-26(19-24)27-16-17-38-32(21-27)39-31-11-4-3-9-28(31)20-25-8-6-18-40(23-25)30-14-12-29(13-15-30)34(35,36)37/h5,7,10,12-17,19,21,25,28,31,41H,3-4,6,8-9,11,18,20,22-23H2,1-2H3,(H,38,39)/t25-,28+,31-/m1/s1. The Kier molecular flexibility index (Phi) is 8.93. The number of pyridine rings is 1. The van der Waals surface area contributed by atoms with E-state index < -0.39 is 17.3 Å². The molecule has 0 radical (unpaired) electrons. The normalized spacial score (nSPS) is 22.0. The number of piperidine rings is 1. The molecule has 2 N–H and O–H groups in total. The van der Waals surface area contributed by atoms with Crippen LogP contribution in [-0.2, 0) is 12.6 Å². The van der Waals surface area contributed by atoms with Gasteiger partial charge in [0.25, 0.3) is 0 Å². The van der Waals surface area contributed by atoms with Crippen LogP contribution < -0.4 is 10.2 Å². The fraction of sp³-hybridized carbons (Fsp3) is 0.500. The number of hydrogen-bond acceptors (Lipinski definition) is 4. The van der Waals surface area contributed by atoms with Gasteiger partial charge in [-0.15, -0.1) is 0 Å². The van der Waals surface area contributed by atoms with Gasteiger partial charge in [-0.1, -0.05) is 37.1 Å². The van der Waals surface area contributed by atoms with Gasteiger partial charge < -0.3 is 15.3 Å². The number of nitrogens with one attached hydrogen (secondary N) is 1. The molecule has 2 aromatic carbocycles. The topological polar surface area (TPSA) is 48.4 Å². The van der Waals surface area contributed by atoms with Gasteiger partial charge in [0.1, 0.15) is 5.82 Å². The predicted molar refractivity (Wildman–Crippen MR) is 160 cm³/mol. The largest absolute Gasteiger partial charge is 0.416 e. The van der Waals surface area contributed by atoms with Crippen LogP contribution in [0.5, 0.6) is 0 Å². The molecule has 7 heteroatoms. The van der Waals surface area contributed by atoms with Crippen molar-refractivity contribution in [3.63, 3.8) is 0 Å². The van der Waals surface area contributed by atoms with Crippen molar-refractivity contribution in [3.05, 3.63) is 78.0 Å². The van der Waals surface area contributed by atoms with Gasteiger partial charge in [0.05, 0.1) is 11.2 Å². The van der Waals surface area contributed by atoms with E-state index in [-0.39, 0.29) is 0 Å². The fourth-order valence-corrected chi connectivity index (χ4v) is 6.70. The highest BCUT2D eigenvalue weighted by molar-refractivity contribution is 5.67. The molecule has 0 spiro atoms. The third kappa shape index (κ3) is 8.03. The summed E-state index contributed by atoms with van der Waals surface area (Å²) in [6.07, 6.45) is 6.24. The molecule has 0 unspecified atom stereocenters. The number of aliphatic hydroxyl groups is 1. The van der Waals surface area contributed by atoms with Crippen molar-refractivity contribution < 1.29 is 18.3 Å². The van der Waals surface area contributed by atoms with Crippen LogP contribution in [0.1, 0.15) is 69.9 Å². The molecule has 1 aliphatic heterocycles. The second kappa shape index (κ2) is 12.4. The van der Waals surface area contributed by atoms with Gasteiger partial charge in [0, 0.05) is 37.4 Å². The van der Waals surface area contributed by atoms with Crippen LogP contribution in [0.2, 0.25) is 0 Å². The summed E-state index contributed by atoms with van der Waals surface area (Å²) in [4.78, 5) is 6.92. The summed E-state index contributed by atoms with van der Waals surface area (Å²) in [7, 11) is 0. The average molecular weight is 566 g/mol. The number of benzene rings is 2. The highest BCUT2D eigenvalue weighted by atomic mass is 19.4. The monoisotopic (exact) mass is 565 g/mol. The molecular formula is C34H42F3N3O. The summed E-state index contributed by atoms with van der Waals surface area (Å²) in [5, 5.41) is 14.0. The van der Waals surface area contributed by atoms with Crippen molar-refractivity contribution in [2.24, 2.45) is 11.8 Å². The van der Waals surface area contributed by atoms with E-state index in [0.29, 0.717) is 24.3 Å². The molecule has 41 heavy (non-hydrogen) atoms. The Morgan fingerprint density at radius 3 is 2.44 bits per heavy atom. The molecule has 4 nitrogen and oxygen atoms in total. The summed E-state index contributed by atoms with van der Waals surface area (Å²) < 4.78 is 39.1. The maximum Gasteiger partial charge on any atom is 0.416 e. The minimum Gasteiger partial charge on any atom is -0.390 e. The first-order valence-corrected chi connectivity index (χ1v) is 15.0. The molecule has 1 saturated heterocycles. The number of alkyl halides is 3. The summed E-state index contributed by atoms with van der Waals surface area (Å²) >= 11 is 0. The van der Waals surface area contributed by atoms with Crippen molar-refractivity contribution in [3.8, 4) is 11.1 Å². The minimum absolute atomic E-state index is 0.356. The first-order valence-electron chi connectivity index (χ1n) is 15.0. The number of hydrogen-bond donors (Lipinski definition) is 2. The molecule has 5 rings (SSSR count). The molecule has 0 amide bonds. The lowest BCUT2D eigenvalue weighted by Gasteiger charge is -2.39. The number of rotatable bonds is 8. The van der Waals surface area contributed by atoms with Crippen molar-refractivity contribution in [2.75, 3.05) is 23.3 Å². The number of anilines is 2. The van der Waals surface area contributed by atoms with E-state index in [1.807, 2.05) is 32.2 Å². The first-order chi connectivity index (χ1) is 19.5. The van der Waals surface area contributed by atoms with Crippen LogP contribution in [0, 0.1) is 11.8 Å². The smallest absolute Gasteiger partial charge is 0.390 e. The lowest BCUT2D eigenvalue weighted by molar-refractivity contribution is -0.137. The summed E-state index contributed by atoms with van der Waals surface area (Å²) in [5.74, 6) is 1.96. The Balaban J connectivity index is 1.23. The third-order valence-corrected chi connectivity index (χ3v) is 8.61. The molecule has 3 aromatic rings. The highest BCUT2D eigenvalue weighted by Crippen LogP contribution is 2.36. The second-order valence-corrected chi connectivity index (χ2v) is 12.6. The second-order valence-electron chi connectivity index (χ2n) is 12.6. The van der Waals surface area contributed by atoms with Crippen molar-refractivity contribution in [1.29, 1.82) is 0 Å². The third-order valence-electron chi connectivity index (χ3n) is 8.61. The van der Waals surface area contributed by atoms with E-state index in [1.54, 1.807) is 12.1 Å². The van der Waals surface area contributed by atoms with Gasteiger partial charge in [-0.3, -0.25) is 0 Å². The Morgan fingerprint density at radius 1 is 0.927 bits per heavy atom. The Labute approximate surface area is 242 Å². The van der Waals surface area contributed by atoms with Gasteiger partial charge >= 0.3 is 6.18 Å². The van der Waals surface area contributed by atoms with Crippen LogP contribution >= 0.6 is 0 Å². The van der Waals surface area contributed by atoms with Gasteiger partial charge in [0.2, 0.25) is 0 Å². The van der Waals surface area contributed by atoms with Crippen molar-refractivity contribution in [1.82, 2.24) is 4.98 Å². The predicted octanol–water partition coefficient (Wildman–Crippen LogP) is 8.36. The van der Waals surface area contributed by atoms with Crippen LogP contribution in [0.15, 0.2) is 66.9 Å². The number of halogens is 3. The Bertz CT molecular complexity index is 1290. The Hall–Kier alpha value is -3.06. The van der Waals surface area contributed by atoms with E-state index in [9.17, 15) is 18.3 Å². The average Bonchev–Trinajstić information content (AvgIpc) is 2.93. The minimum atomic E-state index is -4.30. The molecule has 2 fully saturated rings.